The van der Waals surface area contributed by atoms with Crippen LogP contribution in [-0.2, 0) is 4.79 Å². The molecule has 0 atom stereocenters. The maximum Gasteiger partial charge on any atom is 0.291 e. The molecule has 0 saturated heterocycles. The number of nitrogens with zero attached hydrogens (tertiary/aromatic N) is 1. The molecule has 1 amide bonds. The quantitative estimate of drug-likeness (QED) is 0.369. The van der Waals surface area contributed by atoms with Crippen LogP contribution in [0.2, 0.25) is 0 Å². The number of carbonyl (C=O) groups is 1. The first-order chi connectivity index (χ1) is 5.20. The van der Waals surface area contributed by atoms with Gasteiger partial charge in [0, 0.05) is 12.3 Å². The van der Waals surface area contributed by atoms with Gasteiger partial charge in [0.05, 0.1) is 0 Å². The van der Waals surface area contributed by atoms with Gasteiger partial charge in [-0.25, -0.2) is 0 Å². The summed E-state index contributed by atoms with van der Waals surface area (Å²) in [6.45, 7) is 0. The molecule has 1 radical (unpaired) electrons. The van der Waals surface area contributed by atoms with E-state index in [0.29, 0.717) is 4.74 Å². The molecule has 3 N–H and O–H groups in total. The van der Waals surface area contributed by atoms with Gasteiger partial charge in [-0.2, -0.15) is 4.74 Å². The van der Waals surface area contributed by atoms with Crippen molar-refractivity contribution in [3.05, 3.63) is 29.4 Å². The van der Waals surface area contributed by atoms with E-state index >= 15 is 0 Å². The predicted octanol–water partition coefficient (Wildman–Crippen LogP) is -1.11. The zero-order valence-electron chi connectivity index (χ0n) is 5.57. The summed E-state index contributed by atoms with van der Waals surface area (Å²) in [6, 6.07) is 0. The Morgan fingerprint density at radius 3 is 3.18 bits per heavy atom. The molecule has 1 aliphatic rings. The SMILES string of the molecule is NC(=O)C1=C[N+]([O-])=[C]C=CN1. The first-order valence-electron chi connectivity index (χ1n) is 2.86. The Labute approximate surface area is 63.1 Å². The van der Waals surface area contributed by atoms with Crippen LogP contribution < -0.4 is 11.1 Å². The van der Waals surface area contributed by atoms with E-state index in [1.54, 1.807) is 0 Å². The zero-order valence-corrected chi connectivity index (χ0v) is 5.57. The minimum atomic E-state index is -0.681. The maximum absolute atomic E-state index is 10.6. The molecule has 5 heteroatoms. The Kier molecular flexibility index (Phi) is 1.91. The number of nitrogens with one attached hydrogen (secondary N) is 1. The molecular formula is C6H6N3O2. The molecule has 1 heterocycles. The van der Waals surface area contributed by atoms with Crippen molar-refractivity contribution < 1.29 is 9.53 Å². The smallest absolute Gasteiger partial charge is 0.291 e. The van der Waals surface area contributed by atoms with Gasteiger partial charge in [0.2, 0.25) is 6.20 Å². The van der Waals surface area contributed by atoms with E-state index in [-0.39, 0.29) is 5.70 Å². The Bertz CT molecular complexity index is 265. The van der Waals surface area contributed by atoms with Crippen molar-refractivity contribution in [3.63, 3.8) is 0 Å². The average Bonchev–Trinajstić information content (AvgIpc) is 2.13. The molecule has 5 nitrogen and oxygen atoms in total. The van der Waals surface area contributed by atoms with E-state index in [4.69, 9.17) is 5.73 Å². The van der Waals surface area contributed by atoms with Gasteiger partial charge in [-0.15, -0.1) is 0 Å². The van der Waals surface area contributed by atoms with Crippen LogP contribution in [0.3, 0.4) is 0 Å². The molecular weight excluding hydrogens is 146 g/mol. The largest absolute Gasteiger partial charge is 0.618 e. The fourth-order valence-electron chi connectivity index (χ4n) is 0.569. The highest BCUT2D eigenvalue weighted by molar-refractivity contribution is 5.91. The van der Waals surface area contributed by atoms with Crippen molar-refractivity contribution in [3.8, 4) is 0 Å². The first-order valence-corrected chi connectivity index (χ1v) is 2.86. The topological polar surface area (TPSA) is 81.2 Å². The number of hydrogen-bond donors (Lipinski definition) is 2. The van der Waals surface area contributed by atoms with Crippen LogP contribution in [-0.4, -0.2) is 16.9 Å². The lowest BCUT2D eigenvalue weighted by Crippen LogP contribution is -2.23. The molecule has 0 saturated carbocycles. The average molecular weight is 152 g/mol. The second kappa shape index (κ2) is 2.87. The number of nitrogens with two attached hydrogens (primary N) is 1. The van der Waals surface area contributed by atoms with Crippen molar-refractivity contribution in [1.82, 2.24) is 5.32 Å². The number of rotatable bonds is 1. The third-order valence-corrected chi connectivity index (χ3v) is 1.04. The monoisotopic (exact) mass is 152 g/mol. The van der Waals surface area contributed by atoms with Crippen LogP contribution in [0, 0.1) is 5.21 Å². The van der Waals surface area contributed by atoms with Gasteiger partial charge in [0.15, 0.2) is 5.70 Å². The van der Waals surface area contributed by atoms with Gasteiger partial charge in [-0.3, -0.25) is 4.79 Å². The first kappa shape index (κ1) is 7.33. The van der Waals surface area contributed by atoms with Gasteiger partial charge < -0.3 is 16.3 Å². The van der Waals surface area contributed by atoms with E-state index in [9.17, 15) is 10.0 Å². The summed E-state index contributed by atoms with van der Waals surface area (Å²) in [6.07, 6.45) is 6.04. The number of hydrogen-bond acceptors (Lipinski definition) is 3. The van der Waals surface area contributed by atoms with E-state index in [0.717, 1.165) is 6.20 Å². The van der Waals surface area contributed by atoms with Gasteiger partial charge in [0.25, 0.3) is 12.1 Å². The van der Waals surface area contributed by atoms with Crippen LogP contribution in [0.15, 0.2) is 24.2 Å². The van der Waals surface area contributed by atoms with E-state index in [1.165, 1.54) is 12.3 Å². The summed E-state index contributed by atoms with van der Waals surface area (Å²) >= 11 is 0. The minimum absolute atomic E-state index is 0.0428. The lowest BCUT2D eigenvalue weighted by atomic mass is 10.4. The summed E-state index contributed by atoms with van der Waals surface area (Å²) in [4.78, 5) is 10.5. The fourth-order valence-corrected chi connectivity index (χ4v) is 0.569. The van der Waals surface area contributed by atoms with Crippen LogP contribution in [0.25, 0.3) is 0 Å². The Morgan fingerprint density at radius 2 is 2.55 bits per heavy atom. The van der Waals surface area contributed by atoms with Crippen molar-refractivity contribution in [2.45, 2.75) is 0 Å². The summed E-state index contributed by atoms with van der Waals surface area (Å²) in [5.74, 6) is -0.681. The highest BCUT2D eigenvalue weighted by atomic mass is 16.5. The number of carbonyl (C=O) groups excluding carboxylic acids is 1. The highest BCUT2D eigenvalue weighted by Crippen LogP contribution is 1.90. The van der Waals surface area contributed by atoms with Gasteiger partial charge in [-0.05, 0) is 0 Å². The molecule has 11 heavy (non-hydrogen) atoms. The third kappa shape index (κ3) is 1.82. The summed E-state index contributed by atoms with van der Waals surface area (Å²) in [5.41, 5.74) is 4.94. The molecule has 0 spiro atoms. The molecule has 57 valence electrons. The number of amides is 1. The van der Waals surface area contributed by atoms with Crippen LogP contribution in [0.5, 0.6) is 0 Å². The van der Waals surface area contributed by atoms with Crippen LogP contribution >= 0.6 is 0 Å². The Hall–Kier alpha value is -1.78. The number of hydroxylamine groups is 1. The lowest BCUT2D eigenvalue weighted by Gasteiger charge is -1.97. The number of allylic oxidation sites excluding steroid dienone is 1. The van der Waals surface area contributed by atoms with Gasteiger partial charge >= 0.3 is 0 Å². The van der Waals surface area contributed by atoms with Crippen molar-refractivity contribution in [1.29, 1.82) is 0 Å². The zero-order chi connectivity index (χ0) is 8.27. The molecule has 0 aromatic carbocycles. The molecule has 0 aliphatic carbocycles. The standard InChI is InChI=1S/C6H6N3O2/c7-6(10)5-4-9(11)3-1-2-8-5/h1-2,4,8H,(H2,7,10). The van der Waals surface area contributed by atoms with Crippen LogP contribution in [0.4, 0.5) is 0 Å². The molecule has 0 aromatic rings. The van der Waals surface area contributed by atoms with Gasteiger partial charge in [0.1, 0.15) is 0 Å². The van der Waals surface area contributed by atoms with Crippen molar-refractivity contribution >= 4 is 12.1 Å². The molecule has 1 aliphatic heterocycles. The molecule has 0 fully saturated rings. The number of primary amides is 1. The Morgan fingerprint density at radius 1 is 1.82 bits per heavy atom. The van der Waals surface area contributed by atoms with Gasteiger partial charge in [-0.1, -0.05) is 0 Å². The maximum atomic E-state index is 10.6. The second-order valence-corrected chi connectivity index (χ2v) is 1.84. The molecule has 0 aromatic heterocycles. The minimum Gasteiger partial charge on any atom is -0.618 e. The summed E-state index contributed by atoms with van der Waals surface area (Å²) < 4.78 is 0.372. The predicted molar refractivity (Wildman–Crippen MR) is 38.2 cm³/mol. The third-order valence-electron chi connectivity index (χ3n) is 1.04. The second-order valence-electron chi connectivity index (χ2n) is 1.84. The summed E-state index contributed by atoms with van der Waals surface area (Å²) in [7, 11) is 0. The van der Waals surface area contributed by atoms with E-state index in [1.807, 2.05) is 0 Å². The lowest BCUT2D eigenvalue weighted by molar-refractivity contribution is -0.372. The van der Waals surface area contributed by atoms with Crippen molar-refractivity contribution in [2.24, 2.45) is 5.73 Å². The van der Waals surface area contributed by atoms with Crippen LogP contribution in [0.1, 0.15) is 0 Å². The fraction of sp³-hybridized carbons (Fsp3) is 0. The van der Waals surface area contributed by atoms with Crippen molar-refractivity contribution in [2.75, 3.05) is 0 Å². The summed E-state index contributed by atoms with van der Waals surface area (Å²) in [5, 5.41) is 13.1. The van der Waals surface area contributed by atoms with E-state index in [2.05, 4.69) is 11.5 Å². The molecule has 0 bridgehead atoms. The molecule has 1 rings (SSSR count). The Balaban J connectivity index is 2.90. The highest BCUT2D eigenvalue weighted by Gasteiger charge is 2.07. The van der Waals surface area contributed by atoms with E-state index < -0.39 is 5.91 Å². The normalized spacial score (nSPS) is 16.0. The molecule has 0 unspecified atom stereocenters.